The summed E-state index contributed by atoms with van der Waals surface area (Å²) in [6.07, 6.45) is 0.629. The van der Waals surface area contributed by atoms with Crippen molar-refractivity contribution < 1.29 is 18.8 Å². The predicted octanol–water partition coefficient (Wildman–Crippen LogP) is 4.29. The Morgan fingerprint density at radius 3 is 2.38 bits per heavy atom. The smallest absolute Gasteiger partial charge is 0.266 e. The summed E-state index contributed by atoms with van der Waals surface area (Å²) in [6.45, 7) is 1.95. The van der Waals surface area contributed by atoms with Gasteiger partial charge in [0.05, 0.1) is 17.6 Å². The van der Waals surface area contributed by atoms with E-state index in [2.05, 4.69) is 0 Å². The summed E-state index contributed by atoms with van der Waals surface area (Å²) in [5, 5.41) is 2.17. The van der Waals surface area contributed by atoms with E-state index in [4.69, 9.17) is 20.9 Å². The fraction of sp³-hybridized carbons (Fsp3) is 0.182. The van der Waals surface area contributed by atoms with Crippen LogP contribution in [0.25, 0.3) is 0 Å². The van der Waals surface area contributed by atoms with E-state index in [1.54, 1.807) is 47.7 Å². The lowest BCUT2D eigenvalue weighted by Crippen LogP contribution is -2.37. The summed E-state index contributed by atoms with van der Waals surface area (Å²) in [6, 6.07) is 17.3. The molecule has 2 aliphatic rings. The Morgan fingerprint density at radius 1 is 0.931 bits per heavy atom. The molecule has 2 aromatic carbocycles. The van der Waals surface area contributed by atoms with Crippen molar-refractivity contribution in [2.45, 2.75) is 19.1 Å². The van der Waals surface area contributed by atoms with Crippen LogP contribution in [0.15, 0.2) is 71.3 Å². The number of anilines is 2. The zero-order chi connectivity index (χ0) is 20.1. The quantitative estimate of drug-likeness (QED) is 0.605. The number of halogens is 1. The molecule has 3 atom stereocenters. The predicted molar refractivity (Wildman–Crippen MR) is 107 cm³/mol. The van der Waals surface area contributed by atoms with E-state index in [0.29, 0.717) is 16.5 Å². The first-order valence-electron chi connectivity index (χ1n) is 9.24. The molecule has 5 rings (SSSR count). The molecule has 0 radical (unpaired) electrons. The lowest BCUT2D eigenvalue weighted by atomic mass is 9.94. The highest BCUT2D eigenvalue weighted by Crippen LogP contribution is 2.48. The maximum absolute atomic E-state index is 13.4. The fourth-order valence-electron chi connectivity index (χ4n) is 4.03. The van der Waals surface area contributed by atoms with Crippen LogP contribution in [0, 0.1) is 12.8 Å². The number of benzene rings is 2. The topological polar surface area (TPSA) is 63.0 Å². The minimum atomic E-state index is -0.923. The van der Waals surface area contributed by atoms with Crippen molar-refractivity contribution >= 4 is 34.8 Å². The molecule has 7 heteroatoms. The van der Waals surface area contributed by atoms with E-state index >= 15 is 0 Å². The molecule has 29 heavy (non-hydrogen) atoms. The second-order valence-corrected chi connectivity index (χ2v) is 7.55. The first-order valence-corrected chi connectivity index (χ1v) is 9.62. The summed E-state index contributed by atoms with van der Waals surface area (Å²) in [4.78, 5) is 33.8. The molecular weight excluding hydrogens is 392 g/mol. The minimum absolute atomic E-state index is 0.320. The number of hydroxylamine groups is 1. The zero-order valence-electron chi connectivity index (χ0n) is 15.5. The number of nitrogens with zero attached hydrogens (tertiary/aromatic N) is 2. The first kappa shape index (κ1) is 18.0. The minimum Gasteiger partial charge on any atom is -0.467 e. The molecule has 2 saturated heterocycles. The molecule has 6 nitrogen and oxygen atoms in total. The molecule has 0 bridgehead atoms. The standard InChI is InChI=1S/C22H17ClN2O4/c1-13-5-2-3-6-16(13)25-19(17-7-4-12-28-17)18-20(29-25)22(27)24(21(18)26)15-10-8-14(23)9-11-15/h2-12,18-20H,1H3/t18-,19+,20-/m1/s1. The van der Waals surface area contributed by atoms with Crippen molar-refractivity contribution in [3.8, 4) is 0 Å². The van der Waals surface area contributed by atoms with Gasteiger partial charge in [0.2, 0.25) is 5.91 Å². The summed E-state index contributed by atoms with van der Waals surface area (Å²) < 4.78 is 5.64. The number of fused-ring (bicyclic) bond motifs is 1. The average Bonchev–Trinajstić information content (AvgIpc) is 3.41. The lowest BCUT2D eigenvalue weighted by molar-refractivity contribution is -0.126. The van der Waals surface area contributed by atoms with Crippen LogP contribution in [0.1, 0.15) is 17.4 Å². The van der Waals surface area contributed by atoms with Crippen LogP contribution in [0.3, 0.4) is 0 Å². The largest absolute Gasteiger partial charge is 0.467 e. The highest BCUT2D eigenvalue weighted by molar-refractivity contribution is 6.31. The van der Waals surface area contributed by atoms with Crippen LogP contribution in [0.5, 0.6) is 0 Å². The Bertz CT molecular complexity index is 1080. The number of hydrogen-bond donors (Lipinski definition) is 0. The monoisotopic (exact) mass is 408 g/mol. The van der Waals surface area contributed by atoms with Gasteiger partial charge in [-0.3, -0.25) is 14.4 Å². The van der Waals surface area contributed by atoms with Crippen molar-refractivity contribution in [2.24, 2.45) is 5.92 Å². The first-order chi connectivity index (χ1) is 14.1. The molecule has 1 aromatic heterocycles. The molecule has 0 spiro atoms. The summed E-state index contributed by atoms with van der Waals surface area (Å²) in [5.74, 6) is -0.862. The van der Waals surface area contributed by atoms with Crippen molar-refractivity contribution in [1.82, 2.24) is 0 Å². The highest BCUT2D eigenvalue weighted by Gasteiger charge is 2.61. The van der Waals surface area contributed by atoms with E-state index in [-0.39, 0.29) is 5.91 Å². The Balaban J connectivity index is 1.58. The lowest BCUT2D eigenvalue weighted by Gasteiger charge is -2.28. The number of amides is 2. The van der Waals surface area contributed by atoms with Gasteiger partial charge in [0.25, 0.3) is 5.91 Å². The van der Waals surface area contributed by atoms with Gasteiger partial charge in [-0.2, -0.15) is 0 Å². The Hall–Kier alpha value is -3.09. The second kappa shape index (κ2) is 6.76. The third kappa shape index (κ3) is 2.75. The molecular formula is C22H17ClN2O4. The number of hydrogen-bond acceptors (Lipinski definition) is 5. The van der Waals surface area contributed by atoms with Crippen LogP contribution in [-0.2, 0) is 14.4 Å². The molecule has 0 N–H and O–H groups in total. The zero-order valence-corrected chi connectivity index (χ0v) is 16.2. The van der Waals surface area contributed by atoms with E-state index < -0.39 is 24.0 Å². The van der Waals surface area contributed by atoms with Gasteiger partial charge in [0.15, 0.2) is 6.10 Å². The molecule has 2 fully saturated rings. The Morgan fingerprint density at radius 2 is 1.69 bits per heavy atom. The number of carbonyl (C=O) groups excluding carboxylic acids is 2. The van der Waals surface area contributed by atoms with Gasteiger partial charge in [-0.1, -0.05) is 29.8 Å². The number of carbonyl (C=O) groups is 2. The van der Waals surface area contributed by atoms with Gasteiger partial charge in [-0.05, 0) is 55.0 Å². The Labute approximate surface area is 172 Å². The van der Waals surface area contributed by atoms with Crippen molar-refractivity contribution in [3.05, 3.63) is 83.3 Å². The Kier molecular flexibility index (Phi) is 4.19. The highest BCUT2D eigenvalue weighted by atomic mass is 35.5. The summed E-state index contributed by atoms with van der Waals surface area (Å²) in [7, 11) is 0. The van der Waals surface area contributed by atoms with Gasteiger partial charge >= 0.3 is 0 Å². The molecule has 3 aromatic rings. The van der Waals surface area contributed by atoms with Gasteiger partial charge in [0, 0.05) is 5.02 Å². The molecule has 2 amide bonds. The van der Waals surface area contributed by atoms with Crippen LogP contribution >= 0.6 is 11.6 Å². The summed E-state index contributed by atoms with van der Waals surface area (Å²) in [5.41, 5.74) is 2.24. The van der Waals surface area contributed by atoms with Crippen LogP contribution in [-0.4, -0.2) is 17.9 Å². The van der Waals surface area contributed by atoms with Crippen molar-refractivity contribution in [2.75, 3.05) is 9.96 Å². The SMILES string of the molecule is Cc1ccccc1N1O[C@H]2C(=O)N(c3ccc(Cl)cc3)C(=O)[C@@H]2[C@@H]1c1ccco1. The molecule has 0 unspecified atom stereocenters. The van der Waals surface area contributed by atoms with Gasteiger partial charge in [0.1, 0.15) is 17.7 Å². The normalized spacial score (nSPS) is 23.7. The fourth-order valence-corrected chi connectivity index (χ4v) is 4.15. The van der Waals surface area contributed by atoms with E-state index in [1.165, 1.54) is 4.90 Å². The van der Waals surface area contributed by atoms with Gasteiger partial charge in [-0.25, -0.2) is 9.96 Å². The number of imide groups is 1. The van der Waals surface area contributed by atoms with Crippen molar-refractivity contribution in [3.63, 3.8) is 0 Å². The van der Waals surface area contributed by atoms with Gasteiger partial charge < -0.3 is 4.42 Å². The van der Waals surface area contributed by atoms with E-state index in [1.807, 2.05) is 31.2 Å². The second-order valence-electron chi connectivity index (χ2n) is 7.11. The van der Waals surface area contributed by atoms with E-state index in [9.17, 15) is 9.59 Å². The molecule has 0 aliphatic carbocycles. The van der Waals surface area contributed by atoms with Gasteiger partial charge in [-0.15, -0.1) is 0 Å². The number of furan rings is 1. The molecule has 146 valence electrons. The molecule has 0 saturated carbocycles. The van der Waals surface area contributed by atoms with Crippen LogP contribution in [0.2, 0.25) is 5.02 Å². The third-order valence-electron chi connectivity index (χ3n) is 5.39. The number of rotatable bonds is 3. The maximum atomic E-state index is 13.4. The third-order valence-corrected chi connectivity index (χ3v) is 5.64. The van der Waals surface area contributed by atoms with Crippen LogP contribution < -0.4 is 9.96 Å². The van der Waals surface area contributed by atoms with E-state index in [0.717, 1.165) is 11.3 Å². The number of para-hydroxylation sites is 1. The molecule has 3 heterocycles. The average molecular weight is 409 g/mol. The van der Waals surface area contributed by atoms with Crippen LogP contribution in [0.4, 0.5) is 11.4 Å². The molecule has 2 aliphatic heterocycles. The maximum Gasteiger partial charge on any atom is 0.266 e. The van der Waals surface area contributed by atoms with Crippen molar-refractivity contribution in [1.29, 1.82) is 0 Å². The summed E-state index contributed by atoms with van der Waals surface area (Å²) >= 11 is 5.95. The number of aryl methyl sites for hydroxylation is 1.